The predicted octanol–water partition coefficient (Wildman–Crippen LogP) is 3.52. The number of amides is 2. The summed E-state index contributed by atoms with van der Waals surface area (Å²) in [5.74, 6) is 0.806. The third-order valence-electron chi connectivity index (χ3n) is 3.95. The Hall–Kier alpha value is -1.75. The Morgan fingerprint density at radius 3 is 2.26 bits per heavy atom. The number of ether oxygens (including phenoxy) is 1. The monoisotopic (exact) mass is 319 g/mol. The minimum atomic E-state index is -0.160. The summed E-state index contributed by atoms with van der Waals surface area (Å²) in [7, 11) is 0. The number of benzene rings is 1. The van der Waals surface area contributed by atoms with Crippen LogP contribution in [-0.2, 0) is 0 Å². The Kier molecular flexibility index (Phi) is 5.19. The van der Waals surface area contributed by atoms with E-state index in [0.29, 0.717) is 6.61 Å². The average molecular weight is 319 g/mol. The van der Waals surface area contributed by atoms with Crippen LogP contribution in [0.5, 0.6) is 5.75 Å². The quantitative estimate of drug-likeness (QED) is 0.796. The fraction of sp³-hybridized carbons (Fsp3) is 0.611. The van der Waals surface area contributed by atoms with E-state index in [1.165, 1.54) is 0 Å². The molecule has 1 aliphatic heterocycles. The maximum Gasteiger partial charge on any atom is 0.319 e. The first kappa shape index (κ1) is 17.6. The summed E-state index contributed by atoms with van der Waals surface area (Å²) in [6.07, 6.45) is 1.82. The van der Waals surface area contributed by atoms with Gasteiger partial charge in [0.15, 0.2) is 0 Å². The van der Waals surface area contributed by atoms with E-state index in [1.54, 1.807) is 0 Å². The van der Waals surface area contributed by atoms with E-state index in [0.717, 1.165) is 24.3 Å². The lowest BCUT2D eigenvalue weighted by atomic mass is 9.80. The van der Waals surface area contributed by atoms with E-state index < -0.39 is 0 Å². The molecule has 1 fully saturated rings. The van der Waals surface area contributed by atoms with Crippen LogP contribution in [0, 0.1) is 0 Å². The molecule has 128 valence electrons. The minimum Gasteiger partial charge on any atom is -0.494 e. The van der Waals surface area contributed by atoms with E-state index in [1.807, 2.05) is 31.2 Å². The van der Waals surface area contributed by atoms with Crippen molar-refractivity contribution in [3.63, 3.8) is 0 Å². The number of carbonyl (C=O) groups excluding carboxylic acids is 1. The fourth-order valence-electron chi connectivity index (χ4n) is 3.58. The average Bonchev–Trinajstić information content (AvgIpc) is 2.37. The van der Waals surface area contributed by atoms with Crippen molar-refractivity contribution in [3.8, 4) is 5.75 Å². The van der Waals surface area contributed by atoms with Crippen molar-refractivity contribution in [1.82, 2.24) is 10.6 Å². The highest BCUT2D eigenvalue weighted by Gasteiger charge is 2.38. The van der Waals surface area contributed by atoms with Gasteiger partial charge in [-0.25, -0.2) is 4.79 Å². The van der Waals surface area contributed by atoms with Crippen molar-refractivity contribution < 1.29 is 9.53 Å². The van der Waals surface area contributed by atoms with Crippen molar-refractivity contribution in [2.75, 3.05) is 11.9 Å². The molecule has 0 aromatic heterocycles. The summed E-state index contributed by atoms with van der Waals surface area (Å²) in [6, 6.07) is 7.41. The molecule has 0 bridgehead atoms. The third-order valence-corrected chi connectivity index (χ3v) is 3.95. The standard InChI is InChI=1S/C18H29N3O2/c1-6-23-15-9-7-13(8-10-15)19-16(22)20-14-11-17(2,3)21-18(4,5)12-14/h7-10,14,21H,6,11-12H2,1-5H3,(H2,19,20,22). The Labute approximate surface area is 139 Å². The Bertz CT molecular complexity index is 522. The van der Waals surface area contributed by atoms with Crippen LogP contribution in [-0.4, -0.2) is 29.8 Å². The molecule has 1 aromatic carbocycles. The Morgan fingerprint density at radius 1 is 1.17 bits per heavy atom. The van der Waals surface area contributed by atoms with E-state index in [9.17, 15) is 4.79 Å². The van der Waals surface area contributed by atoms with E-state index >= 15 is 0 Å². The molecular formula is C18H29N3O2. The second kappa shape index (κ2) is 6.79. The third kappa shape index (κ3) is 5.43. The smallest absolute Gasteiger partial charge is 0.319 e. The first-order valence-corrected chi connectivity index (χ1v) is 8.29. The van der Waals surface area contributed by atoms with Crippen LogP contribution >= 0.6 is 0 Å². The molecule has 23 heavy (non-hydrogen) atoms. The zero-order valence-corrected chi connectivity index (χ0v) is 14.8. The van der Waals surface area contributed by atoms with Crippen molar-refractivity contribution >= 4 is 11.7 Å². The van der Waals surface area contributed by atoms with Gasteiger partial charge in [0.2, 0.25) is 0 Å². The second-order valence-electron chi connectivity index (χ2n) is 7.55. The van der Waals surface area contributed by atoms with Crippen LogP contribution in [0.25, 0.3) is 0 Å². The number of nitrogens with one attached hydrogen (secondary N) is 3. The molecule has 0 atom stereocenters. The molecule has 0 radical (unpaired) electrons. The first-order chi connectivity index (χ1) is 10.7. The molecular weight excluding hydrogens is 290 g/mol. The molecule has 2 rings (SSSR count). The topological polar surface area (TPSA) is 62.4 Å². The van der Waals surface area contributed by atoms with E-state index in [-0.39, 0.29) is 23.2 Å². The lowest BCUT2D eigenvalue weighted by Crippen LogP contribution is -2.62. The van der Waals surface area contributed by atoms with Crippen molar-refractivity contribution in [3.05, 3.63) is 24.3 Å². The van der Waals surface area contributed by atoms with Crippen LogP contribution in [0.15, 0.2) is 24.3 Å². The summed E-state index contributed by atoms with van der Waals surface area (Å²) in [4.78, 5) is 12.2. The lowest BCUT2D eigenvalue weighted by Gasteiger charge is -2.46. The van der Waals surface area contributed by atoms with Crippen LogP contribution in [0.1, 0.15) is 47.5 Å². The maximum absolute atomic E-state index is 12.2. The van der Waals surface area contributed by atoms with Crippen LogP contribution in [0.4, 0.5) is 10.5 Å². The first-order valence-electron chi connectivity index (χ1n) is 8.29. The lowest BCUT2D eigenvalue weighted by molar-refractivity contribution is 0.149. The SMILES string of the molecule is CCOc1ccc(NC(=O)NC2CC(C)(C)NC(C)(C)C2)cc1. The molecule has 1 heterocycles. The number of anilines is 1. The molecule has 0 saturated carbocycles. The number of piperidine rings is 1. The Balaban J connectivity index is 1.91. The van der Waals surface area contributed by atoms with Crippen LogP contribution in [0.3, 0.4) is 0 Å². The van der Waals surface area contributed by atoms with E-state index in [2.05, 4.69) is 43.6 Å². The summed E-state index contributed by atoms with van der Waals surface area (Å²) in [5.41, 5.74) is 0.788. The molecule has 5 nitrogen and oxygen atoms in total. The summed E-state index contributed by atoms with van der Waals surface area (Å²) in [6.45, 7) is 11.3. The van der Waals surface area contributed by atoms with Gasteiger partial charge in [0, 0.05) is 22.8 Å². The summed E-state index contributed by atoms with van der Waals surface area (Å²) >= 11 is 0. The second-order valence-corrected chi connectivity index (χ2v) is 7.55. The minimum absolute atomic E-state index is 0.0127. The highest BCUT2D eigenvalue weighted by atomic mass is 16.5. The van der Waals surface area contributed by atoms with Crippen molar-refractivity contribution in [1.29, 1.82) is 0 Å². The maximum atomic E-state index is 12.2. The van der Waals surface area contributed by atoms with Crippen LogP contribution < -0.4 is 20.7 Å². The number of hydrogen-bond acceptors (Lipinski definition) is 3. The Morgan fingerprint density at radius 2 is 1.74 bits per heavy atom. The van der Waals surface area contributed by atoms with Gasteiger partial charge < -0.3 is 20.7 Å². The number of hydrogen-bond donors (Lipinski definition) is 3. The molecule has 2 amide bonds. The van der Waals surface area contributed by atoms with Gasteiger partial charge in [-0.2, -0.15) is 0 Å². The summed E-state index contributed by atoms with van der Waals surface area (Å²) in [5, 5.41) is 9.60. The fourth-order valence-corrected chi connectivity index (χ4v) is 3.58. The number of urea groups is 1. The van der Waals surface area contributed by atoms with Gasteiger partial charge in [0.25, 0.3) is 0 Å². The molecule has 3 N–H and O–H groups in total. The van der Waals surface area contributed by atoms with Gasteiger partial charge in [-0.1, -0.05) is 0 Å². The molecule has 0 unspecified atom stereocenters. The molecule has 5 heteroatoms. The van der Waals surface area contributed by atoms with Crippen molar-refractivity contribution in [2.24, 2.45) is 0 Å². The predicted molar refractivity (Wildman–Crippen MR) is 94.1 cm³/mol. The molecule has 1 aliphatic rings. The largest absolute Gasteiger partial charge is 0.494 e. The number of rotatable bonds is 4. The van der Waals surface area contributed by atoms with Crippen LogP contribution in [0.2, 0.25) is 0 Å². The van der Waals surface area contributed by atoms with Gasteiger partial charge in [-0.05, 0) is 71.7 Å². The van der Waals surface area contributed by atoms with Gasteiger partial charge in [-0.3, -0.25) is 0 Å². The van der Waals surface area contributed by atoms with Gasteiger partial charge in [0.05, 0.1) is 6.61 Å². The normalized spacial score (nSPS) is 19.9. The zero-order valence-electron chi connectivity index (χ0n) is 14.8. The van der Waals surface area contributed by atoms with Gasteiger partial charge in [0.1, 0.15) is 5.75 Å². The zero-order chi connectivity index (χ0) is 17.1. The van der Waals surface area contributed by atoms with E-state index in [4.69, 9.17) is 4.74 Å². The van der Waals surface area contributed by atoms with Gasteiger partial charge in [-0.15, -0.1) is 0 Å². The highest BCUT2D eigenvalue weighted by molar-refractivity contribution is 5.89. The van der Waals surface area contributed by atoms with Crippen molar-refractivity contribution in [2.45, 2.75) is 64.6 Å². The van der Waals surface area contributed by atoms with Gasteiger partial charge >= 0.3 is 6.03 Å². The highest BCUT2D eigenvalue weighted by Crippen LogP contribution is 2.28. The molecule has 0 spiro atoms. The summed E-state index contributed by atoms with van der Waals surface area (Å²) < 4.78 is 5.40. The number of carbonyl (C=O) groups is 1. The molecule has 1 saturated heterocycles. The molecule has 0 aliphatic carbocycles. The molecule has 1 aromatic rings.